The first-order valence-electron chi connectivity index (χ1n) is 16.3. The number of sulfonamides is 1. The summed E-state index contributed by atoms with van der Waals surface area (Å²) in [4.78, 5) is 44.2. The summed E-state index contributed by atoms with van der Waals surface area (Å²) < 4.78 is 69.8. The number of halogens is 3. The fourth-order valence-electron chi connectivity index (χ4n) is 6.56. The van der Waals surface area contributed by atoms with Crippen molar-refractivity contribution in [3.8, 4) is 0 Å². The number of nitrogens with one attached hydrogen (secondary N) is 1. The molecule has 0 bridgehead atoms. The Hall–Kier alpha value is -3.56. The predicted molar refractivity (Wildman–Crippen MR) is 178 cm³/mol. The molecule has 12 nitrogen and oxygen atoms in total. The number of methoxy groups -OCH3 is 1. The lowest BCUT2D eigenvalue weighted by Crippen LogP contribution is -2.49. The van der Waals surface area contributed by atoms with E-state index >= 15 is 8.78 Å². The first-order chi connectivity index (χ1) is 23.0. The summed E-state index contributed by atoms with van der Waals surface area (Å²) in [6, 6.07) is 8.00. The molecule has 0 unspecified atom stereocenters. The Morgan fingerprint density at radius 1 is 1.00 bits per heavy atom. The van der Waals surface area contributed by atoms with Gasteiger partial charge in [-0.1, -0.05) is 11.6 Å². The first kappa shape index (κ1) is 36.7. The Kier molecular flexibility index (Phi) is 10.8. The number of aromatic nitrogens is 1. The van der Waals surface area contributed by atoms with Crippen LogP contribution in [0.15, 0.2) is 41.3 Å². The third-order valence-electron chi connectivity index (χ3n) is 9.13. The van der Waals surface area contributed by atoms with Crippen LogP contribution in [0.25, 0.3) is 0 Å². The van der Waals surface area contributed by atoms with Crippen molar-refractivity contribution in [1.29, 1.82) is 0 Å². The van der Waals surface area contributed by atoms with Crippen molar-refractivity contribution in [2.24, 2.45) is 11.8 Å². The summed E-state index contributed by atoms with van der Waals surface area (Å²) in [5.74, 6) is -4.90. The summed E-state index contributed by atoms with van der Waals surface area (Å²) >= 11 is 6.21. The van der Waals surface area contributed by atoms with E-state index in [0.29, 0.717) is 18.5 Å². The van der Waals surface area contributed by atoms with E-state index in [1.54, 1.807) is 37.8 Å². The standard InChI is InChI=1S/C33H42ClF2N5O7S/c1-32(2,3)48-31(44)37-24-19-29(42)41(20-24)25-9-11-26(12-10-25)49(45,46)40-15-13-39(14-16-40)28-18-23(17-27(34)38-28)33(35,36)22-7-5-21(6-8-22)30(43)47-4/h9-12,17-18,21-22,24H,5-8,13-16,19-20H2,1-4H3,(H,37,44)/t21-,22-,24-/m1/s1. The SMILES string of the molecule is COC(=O)[C@H]1CC[C@H](C(F)(F)c2cc(Cl)nc(N3CCN(S(=O)(=O)c4ccc(N5C[C@H](NC(=O)OC(C)(C)C)CC5=O)cc4)CC3)c2)CC1. The molecule has 1 atom stereocenters. The number of hydrogen-bond acceptors (Lipinski definition) is 9. The Labute approximate surface area is 290 Å². The van der Waals surface area contributed by atoms with Crippen LogP contribution in [0.1, 0.15) is 58.4 Å². The number of ether oxygens (including phenoxy) is 2. The van der Waals surface area contributed by atoms with Crippen LogP contribution >= 0.6 is 11.6 Å². The van der Waals surface area contributed by atoms with E-state index in [9.17, 15) is 22.8 Å². The van der Waals surface area contributed by atoms with E-state index in [1.165, 1.54) is 34.5 Å². The van der Waals surface area contributed by atoms with Crippen molar-refractivity contribution in [2.75, 3.05) is 49.6 Å². The number of pyridine rings is 1. The van der Waals surface area contributed by atoms with Crippen LogP contribution in [0.2, 0.25) is 5.15 Å². The highest BCUT2D eigenvalue weighted by molar-refractivity contribution is 7.89. The van der Waals surface area contributed by atoms with Gasteiger partial charge in [-0.25, -0.2) is 27.0 Å². The van der Waals surface area contributed by atoms with Gasteiger partial charge in [-0.15, -0.1) is 0 Å². The molecule has 3 aliphatic rings. The Morgan fingerprint density at radius 2 is 1.63 bits per heavy atom. The van der Waals surface area contributed by atoms with Gasteiger partial charge in [0.1, 0.15) is 16.6 Å². The highest BCUT2D eigenvalue weighted by Gasteiger charge is 2.45. The summed E-state index contributed by atoms with van der Waals surface area (Å²) in [5.41, 5.74) is -0.441. The molecule has 2 saturated heterocycles. The van der Waals surface area contributed by atoms with Crippen LogP contribution in [-0.2, 0) is 35.0 Å². The quantitative estimate of drug-likeness (QED) is 0.296. The Bertz CT molecular complexity index is 1660. The first-order valence-corrected chi connectivity index (χ1v) is 18.1. The number of nitrogens with zero attached hydrogens (tertiary/aromatic N) is 4. The minimum absolute atomic E-state index is 0.0458. The van der Waals surface area contributed by atoms with Crippen molar-refractivity contribution in [1.82, 2.24) is 14.6 Å². The molecule has 268 valence electrons. The molecule has 2 amide bonds. The van der Waals surface area contributed by atoms with Crippen molar-refractivity contribution < 1.29 is 41.1 Å². The molecular weight excluding hydrogens is 684 g/mol. The van der Waals surface area contributed by atoms with Crippen LogP contribution in [0, 0.1) is 11.8 Å². The van der Waals surface area contributed by atoms with Crippen LogP contribution in [0.5, 0.6) is 0 Å². The fourth-order valence-corrected chi connectivity index (χ4v) is 8.19. The molecule has 0 spiro atoms. The fraction of sp³-hybridized carbons (Fsp3) is 0.576. The molecule has 3 heterocycles. The van der Waals surface area contributed by atoms with E-state index in [-0.39, 0.29) is 91.2 Å². The predicted octanol–water partition coefficient (Wildman–Crippen LogP) is 4.95. The van der Waals surface area contributed by atoms with Gasteiger partial charge >= 0.3 is 12.1 Å². The van der Waals surface area contributed by atoms with Gasteiger partial charge in [-0.2, -0.15) is 4.31 Å². The lowest BCUT2D eigenvalue weighted by molar-refractivity contribution is -0.149. The average molecular weight is 726 g/mol. The second-order valence-corrected chi connectivity index (χ2v) is 16.0. The Morgan fingerprint density at radius 3 is 2.22 bits per heavy atom. The minimum atomic E-state index is -3.90. The zero-order chi connectivity index (χ0) is 35.7. The highest BCUT2D eigenvalue weighted by atomic mass is 35.5. The summed E-state index contributed by atoms with van der Waals surface area (Å²) in [5, 5.41) is 2.61. The second kappa shape index (κ2) is 14.4. The van der Waals surface area contributed by atoms with Crippen molar-refractivity contribution in [3.63, 3.8) is 0 Å². The van der Waals surface area contributed by atoms with Crippen LogP contribution < -0.4 is 15.1 Å². The number of carbonyl (C=O) groups is 3. The summed E-state index contributed by atoms with van der Waals surface area (Å²) in [6.45, 7) is 6.03. The molecule has 0 radical (unpaired) electrons. The normalized spacial score (nSPS) is 22.6. The van der Waals surface area contributed by atoms with E-state index in [0.717, 1.165) is 6.07 Å². The van der Waals surface area contributed by atoms with E-state index < -0.39 is 39.6 Å². The molecule has 2 aliphatic heterocycles. The number of hydrogen-bond donors (Lipinski definition) is 1. The monoisotopic (exact) mass is 725 g/mol. The van der Waals surface area contributed by atoms with Gasteiger partial charge in [0.05, 0.1) is 24.0 Å². The Balaban J connectivity index is 1.19. The van der Waals surface area contributed by atoms with Gasteiger partial charge in [0.2, 0.25) is 15.9 Å². The maximum Gasteiger partial charge on any atom is 0.407 e. The van der Waals surface area contributed by atoms with E-state index in [1.807, 2.05) is 0 Å². The van der Waals surface area contributed by atoms with Gasteiger partial charge in [-0.05, 0) is 82.9 Å². The molecule has 1 saturated carbocycles. The third-order valence-corrected chi connectivity index (χ3v) is 11.2. The van der Waals surface area contributed by atoms with Gasteiger partial charge < -0.3 is 24.6 Å². The largest absolute Gasteiger partial charge is 0.469 e. The van der Waals surface area contributed by atoms with Crippen LogP contribution in [0.3, 0.4) is 0 Å². The number of alkyl halides is 2. The summed E-state index contributed by atoms with van der Waals surface area (Å²) in [6.07, 6.45) is 0.444. The zero-order valence-corrected chi connectivity index (χ0v) is 29.5. The van der Waals surface area contributed by atoms with Crippen molar-refractivity contribution in [3.05, 3.63) is 47.1 Å². The second-order valence-electron chi connectivity index (χ2n) is 13.7. The molecule has 1 aromatic carbocycles. The van der Waals surface area contributed by atoms with Crippen LogP contribution in [-0.4, -0.2) is 87.2 Å². The lowest BCUT2D eigenvalue weighted by Gasteiger charge is -2.36. The molecular formula is C33H42ClF2N5O7S. The summed E-state index contributed by atoms with van der Waals surface area (Å²) in [7, 11) is -2.61. The molecule has 49 heavy (non-hydrogen) atoms. The number of esters is 1. The topological polar surface area (TPSA) is 138 Å². The van der Waals surface area contributed by atoms with Crippen molar-refractivity contribution >= 4 is 51.1 Å². The maximum absolute atomic E-state index is 15.7. The molecule has 16 heteroatoms. The number of alkyl carbamates (subject to hydrolysis) is 1. The van der Waals surface area contributed by atoms with Crippen molar-refractivity contribution in [2.45, 2.75) is 75.3 Å². The average Bonchev–Trinajstić information content (AvgIpc) is 3.42. The molecule has 3 fully saturated rings. The smallest absolute Gasteiger partial charge is 0.407 e. The lowest BCUT2D eigenvalue weighted by atomic mass is 9.77. The van der Waals surface area contributed by atoms with E-state index in [2.05, 4.69) is 10.3 Å². The van der Waals surface area contributed by atoms with Gasteiger partial charge in [0.15, 0.2) is 0 Å². The van der Waals surface area contributed by atoms with Gasteiger partial charge in [0.25, 0.3) is 5.92 Å². The molecule has 2 aromatic rings. The van der Waals surface area contributed by atoms with Gasteiger partial charge in [0, 0.05) is 56.3 Å². The zero-order valence-electron chi connectivity index (χ0n) is 28.0. The molecule has 1 N–H and O–H groups in total. The number of anilines is 2. The highest BCUT2D eigenvalue weighted by Crippen LogP contribution is 2.46. The number of carbonyl (C=O) groups excluding carboxylic acids is 3. The molecule has 1 aliphatic carbocycles. The molecule has 1 aromatic heterocycles. The van der Waals surface area contributed by atoms with Gasteiger partial charge in [-0.3, -0.25) is 9.59 Å². The minimum Gasteiger partial charge on any atom is -0.469 e. The maximum atomic E-state index is 15.7. The number of benzene rings is 1. The van der Waals surface area contributed by atoms with Crippen LogP contribution in [0.4, 0.5) is 25.1 Å². The number of piperazine rings is 1. The van der Waals surface area contributed by atoms with E-state index in [4.69, 9.17) is 21.1 Å². The number of amides is 2. The third kappa shape index (κ3) is 8.43. The molecule has 5 rings (SSSR count). The number of rotatable bonds is 8.